The fourth-order valence-electron chi connectivity index (χ4n) is 3.86. The summed E-state index contributed by atoms with van der Waals surface area (Å²) in [5, 5.41) is 3.43. The molecule has 150 valence electrons. The van der Waals surface area contributed by atoms with Crippen LogP contribution in [0.4, 0.5) is 0 Å². The van der Waals surface area contributed by atoms with E-state index in [4.69, 9.17) is 4.74 Å². The van der Waals surface area contributed by atoms with E-state index in [0.29, 0.717) is 19.7 Å². The summed E-state index contributed by atoms with van der Waals surface area (Å²) in [7, 11) is 1.80. The molecule has 0 aliphatic carbocycles. The number of carbonyl (C=O) groups is 1. The molecule has 8 nitrogen and oxygen atoms in total. The predicted octanol–water partition coefficient (Wildman–Crippen LogP) is 0.775. The Hall–Kier alpha value is -2.61. The largest absolute Gasteiger partial charge is 0.368 e. The minimum absolute atomic E-state index is 0.145. The molecule has 2 aromatic rings. The number of ether oxygens (including phenoxy) is 1. The maximum Gasteiger partial charge on any atom is 0.251 e. The average molecular weight is 384 g/mol. The average Bonchev–Trinajstić information content (AvgIpc) is 3.40. The van der Waals surface area contributed by atoms with Crippen LogP contribution in [0, 0.1) is 0 Å². The van der Waals surface area contributed by atoms with Gasteiger partial charge in [0.05, 0.1) is 5.69 Å². The summed E-state index contributed by atoms with van der Waals surface area (Å²) in [6.45, 7) is 4.47. The van der Waals surface area contributed by atoms with Crippen LogP contribution >= 0.6 is 0 Å². The lowest BCUT2D eigenvalue weighted by Crippen LogP contribution is -2.55. The molecule has 1 amide bonds. The van der Waals surface area contributed by atoms with Gasteiger partial charge in [0.2, 0.25) is 0 Å². The monoisotopic (exact) mass is 384 g/mol. The number of pyridine rings is 1. The van der Waals surface area contributed by atoms with Crippen molar-refractivity contribution in [1.29, 1.82) is 0 Å². The van der Waals surface area contributed by atoms with Gasteiger partial charge in [0.25, 0.3) is 5.91 Å². The highest BCUT2D eigenvalue weighted by molar-refractivity contribution is 5.82. The van der Waals surface area contributed by atoms with E-state index < -0.39 is 0 Å². The molecule has 0 aromatic carbocycles. The number of amides is 1. The molecule has 0 saturated carbocycles. The Morgan fingerprint density at radius 2 is 2.11 bits per heavy atom. The Balaban J connectivity index is 1.25. The normalized spacial score (nSPS) is 20.8. The van der Waals surface area contributed by atoms with E-state index in [-0.39, 0.29) is 12.0 Å². The number of aliphatic imine (C=N–C) groups is 1. The van der Waals surface area contributed by atoms with Crippen LogP contribution in [0.25, 0.3) is 5.65 Å². The smallest absolute Gasteiger partial charge is 0.251 e. The van der Waals surface area contributed by atoms with Crippen molar-refractivity contribution in [3.05, 3.63) is 36.3 Å². The Morgan fingerprint density at radius 3 is 2.82 bits per heavy atom. The number of hydrogen-bond donors (Lipinski definition) is 1. The second-order valence-electron chi connectivity index (χ2n) is 7.24. The quantitative estimate of drug-likeness (QED) is 0.623. The molecule has 0 bridgehead atoms. The third kappa shape index (κ3) is 4.11. The number of fused-ring (bicyclic) bond motifs is 1. The van der Waals surface area contributed by atoms with Gasteiger partial charge in [0, 0.05) is 65.2 Å². The van der Waals surface area contributed by atoms with Gasteiger partial charge in [-0.25, -0.2) is 4.98 Å². The molecular weight excluding hydrogens is 356 g/mol. The molecule has 0 radical (unpaired) electrons. The van der Waals surface area contributed by atoms with Crippen LogP contribution < -0.4 is 5.32 Å². The highest BCUT2D eigenvalue weighted by Crippen LogP contribution is 2.16. The number of nitrogens with zero attached hydrogens (tertiary/aromatic N) is 5. The lowest BCUT2D eigenvalue weighted by atomic mass is 10.2. The van der Waals surface area contributed by atoms with Crippen molar-refractivity contribution < 1.29 is 9.53 Å². The molecule has 2 saturated heterocycles. The topological polar surface area (TPSA) is 74.5 Å². The molecule has 2 aliphatic heterocycles. The van der Waals surface area contributed by atoms with Crippen molar-refractivity contribution >= 4 is 17.5 Å². The Labute approximate surface area is 165 Å². The van der Waals surface area contributed by atoms with Gasteiger partial charge in [-0.2, -0.15) is 0 Å². The maximum absolute atomic E-state index is 12.5. The molecule has 2 fully saturated rings. The standard InChI is InChI=1S/C20H28N6O2/c1-21-20(22-8-7-16-15-26-9-3-2-6-18(26)23-16)25-12-10-24(11-13-25)19(27)17-5-4-14-28-17/h2-3,6,9,15,17H,4-5,7-8,10-14H2,1H3,(H,21,22). The molecule has 1 N–H and O–H groups in total. The van der Waals surface area contributed by atoms with E-state index in [1.807, 2.05) is 33.7 Å². The molecule has 0 spiro atoms. The van der Waals surface area contributed by atoms with Crippen molar-refractivity contribution in [2.24, 2.45) is 4.99 Å². The summed E-state index contributed by atoms with van der Waals surface area (Å²) in [5.74, 6) is 1.03. The van der Waals surface area contributed by atoms with Gasteiger partial charge in [-0.15, -0.1) is 0 Å². The summed E-state index contributed by atoms with van der Waals surface area (Å²) < 4.78 is 7.57. The summed E-state index contributed by atoms with van der Waals surface area (Å²) in [4.78, 5) is 25.7. The fourth-order valence-corrected chi connectivity index (χ4v) is 3.86. The Bertz CT molecular complexity index is 801. The second kappa shape index (κ2) is 8.60. The van der Waals surface area contributed by atoms with E-state index in [0.717, 1.165) is 56.2 Å². The first-order valence-corrected chi connectivity index (χ1v) is 10.0. The van der Waals surface area contributed by atoms with Gasteiger partial charge in [-0.05, 0) is 25.0 Å². The first kappa shape index (κ1) is 18.7. The SMILES string of the molecule is CN=C(NCCc1cn2ccccc2n1)N1CCN(C(=O)C2CCCO2)CC1. The summed E-state index contributed by atoms with van der Waals surface area (Å²) in [6.07, 6.45) is 6.52. The van der Waals surface area contributed by atoms with Crippen molar-refractivity contribution in [2.45, 2.75) is 25.4 Å². The van der Waals surface area contributed by atoms with Gasteiger partial charge in [-0.1, -0.05) is 6.07 Å². The molecule has 2 aromatic heterocycles. The van der Waals surface area contributed by atoms with E-state index in [2.05, 4.69) is 26.4 Å². The summed E-state index contributed by atoms with van der Waals surface area (Å²) in [6, 6.07) is 6.00. The second-order valence-corrected chi connectivity index (χ2v) is 7.24. The zero-order valence-corrected chi connectivity index (χ0v) is 16.4. The van der Waals surface area contributed by atoms with Gasteiger partial charge in [-0.3, -0.25) is 9.79 Å². The number of imidazole rings is 1. The first-order valence-electron chi connectivity index (χ1n) is 10.0. The van der Waals surface area contributed by atoms with E-state index in [1.165, 1.54) is 0 Å². The van der Waals surface area contributed by atoms with E-state index in [1.54, 1.807) is 7.05 Å². The molecule has 1 unspecified atom stereocenters. The molecule has 28 heavy (non-hydrogen) atoms. The third-order valence-corrected chi connectivity index (χ3v) is 5.39. The number of hydrogen-bond acceptors (Lipinski definition) is 4. The van der Waals surface area contributed by atoms with Crippen LogP contribution in [0.15, 0.2) is 35.6 Å². The number of aromatic nitrogens is 2. The van der Waals surface area contributed by atoms with Crippen LogP contribution in [-0.2, 0) is 16.0 Å². The van der Waals surface area contributed by atoms with E-state index in [9.17, 15) is 4.79 Å². The Morgan fingerprint density at radius 1 is 1.29 bits per heavy atom. The van der Waals surface area contributed by atoms with Crippen molar-refractivity contribution in [3.63, 3.8) is 0 Å². The number of nitrogens with one attached hydrogen (secondary N) is 1. The van der Waals surface area contributed by atoms with Crippen molar-refractivity contribution in [3.8, 4) is 0 Å². The maximum atomic E-state index is 12.5. The predicted molar refractivity (Wildman–Crippen MR) is 107 cm³/mol. The Kier molecular flexibility index (Phi) is 5.76. The lowest BCUT2D eigenvalue weighted by molar-refractivity contribution is -0.142. The van der Waals surface area contributed by atoms with Gasteiger partial charge < -0.3 is 24.3 Å². The van der Waals surface area contributed by atoms with E-state index >= 15 is 0 Å². The van der Waals surface area contributed by atoms with Crippen LogP contribution in [0.1, 0.15) is 18.5 Å². The summed E-state index contributed by atoms with van der Waals surface area (Å²) >= 11 is 0. The third-order valence-electron chi connectivity index (χ3n) is 5.39. The molecular formula is C20H28N6O2. The fraction of sp³-hybridized carbons (Fsp3) is 0.550. The molecule has 8 heteroatoms. The highest BCUT2D eigenvalue weighted by atomic mass is 16.5. The molecule has 4 rings (SSSR count). The van der Waals surface area contributed by atoms with Crippen LogP contribution in [0.3, 0.4) is 0 Å². The van der Waals surface area contributed by atoms with Gasteiger partial charge in [0.1, 0.15) is 11.8 Å². The number of piperazine rings is 1. The molecule has 2 aliphatic rings. The van der Waals surface area contributed by atoms with Crippen LogP contribution in [0.2, 0.25) is 0 Å². The van der Waals surface area contributed by atoms with Gasteiger partial charge >= 0.3 is 0 Å². The minimum atomic E-state index is -0.227. The van der Waals surface area contributed by atoms with Crippen LogP contribution in [-0.4, -0.2) is 83.5 Å². The zero-order chi connectivity index (χ0) is 19.3. The summed E-state index contributed by atoms with van der Waals surface area (Å²) in [5.41, 5.74) is 2.02. The highest BCUT2D eigenvalue weighted by Gasteiger charge is 2.30. The molecule has 4 heterocycles. The number of guanidine groups is 1. The number of rotatable bonds is 4. The van der Waals surface area contributed by atoms with Crippen molar-refractivity contribution in [1.82, 2.24) is 24.5 Å². The first-order chi connectivity index (χ1) is 13.7. The van der Waals surface area contributed by atoms with Crippen LogP contribution in [0.5, 0.6) is 0 Å². The lowest BCUT2D eigenvalue weighted by Gasteiger charge is -2.37. The van der Waals surface area contributed by atoms with Crippen molar-refractivity contribution in [2.75, 3.05) is 46.4 Å². The number of carbonyl (C=O) groups excluding carboxylic acids is 1. The van der Waals surface area contributed by atoms with Gasteiger partial charge in [0.15, 0.2) is 5.96 Å². The minimum Gasteiger partial charge on any atom is -0.368 e. The molecule has 1 atom stereocenters. The zero-order valence-electron chi connectivity index (χ0n) is 16.4.